The zero-order valence-electron chi connectivity index (χ0n) is 16.4. The van der Waals surface area contributed by atoms with Crippen LogP contribution in [0.25, 0.3) is 0 Å². The lowest BCUT2D eigenvalue weighted by Gasteiger charge is -2.57. The molecule has 1 heterocycles. The SMILES string of the molecule is CC(C)(C)[Si](C)(C)C(CO)C1CN([Si](C)(C)C(C)(C)C)C1=O. The molecular weight excluding hydrogens is 306 g/mol. The first-order valence-electron chi connectivity index (χ1n) is 8.51. The predicted octanol–water partition coefficient (Wildman–Crippen LogP) is 4.32. The number of carbonyl (C=O) groups is 1. The molecule has 0 aromatic carbocycles. The highest BCUT2D eigenvalue weighted by atomic mass is 28.3. The van der Waals surface area contributed by atoms with Gasteiger partial charge in [0.25, 0.3) is 0 Å². The molecule has 0 bridgehead atoms. The van der Waals surface area contributed by atoms with Crippen molar-refractivity contribution in [3.63, 3.8) is 0 Å². The van der Waals surface area contributed by atoms with Crippen molar-refractivity contribution in [2.75, 3.05) is 13.2 Å². The molecule has 5 heteroatoms. The summed E-state index contributed by atoms with van der Waals surface area (Å²) in [5, 5.41) is 10.4. The third kappa shape index (κ3) is 3.09. The number of carbonyl (C=O) groups excluding carboxylic acids is 1. The van der Waals surface area contributed by atoms with Gasteiger partial charge in [0.2, 0.25) is 5.91 Å². The van der Waals surface area contributed by atoms with Gasteiger partial charge in [0.15, 0.2) is 8.24 Å². The van der Waals surface area contributed by atoms with Gasteiger partial charge in [-0.25, -0.2) is 0 Å². The minimum Gasteiger partial charge on any atom is -0.396 e. The van der Waals surface area contributed by atoms with Crippen molar-refractivity contribution in [1.29, 1.82) is 0 Å². The van der Waals surface area contributed by atoms with E-state index in [1.54, 1.807) is 0 Å². The number of rotatable bonds is 4. The molecule has 1 N–H and O–H groups in total. The fourth-order valence-electron chi connectivity index (χ4n) is 3.08. The second-order valence-corrected chi connectivity index (χ2v) is 21.0. The Balaban J connectivity index is 2.98. The maximum Gasteiger partial charge on any atom is 0.219 e. The van der Waals surface area contributed by atoms with Gasteiger partial charge in [-0.15, -0.1) is 0 Å². The molecule has 1 saturated heterocycles. The van der Waals surface area contributed by atoms with Gasteiger partial charge in [-0.3, -0.25) is 4.79 Å². The summed E-state index contributed by atoms with van der Waals surface area (Å²) >= 11 is 0. The summed E-state index contributed by atoms with van der Waals surface area (Å²) in [4.78, 5) is 12.9. The molecule has 0 aliphatic carbocycles. The van der Waals surface area contributed by atoms with Crippen LogP contribution in [0.5, 0.6) is 0 Å². The van der Waals surface area contributed by atoms with Crippen LogP contribution in [-0.2, 0) is 4.79 Å². The van der Waals surface area contributed by atoms with E-state index in [-0.39, 0.29) is 28.1 Å². The number of nitrogens with zero attached hydrogens (tertiary/aromatic N) is 1. The van der Waals surface area contributed by atoms with Gasteiger partial charge < -0.3 is 9.67 Å². The van der Waals surface area contributed by atoms with Crippen molar-refractivity contribution in [3.05, 3.63) is 0 Å². The van der Waals surface area contributed by atoms with Crippen LogP contribution < -0.4 is 0 Å². The molecule has 0 aromatic rings. The van der Waals surface area contributed by atoms with Gasteiger partial charge in [-0.05, 0) is 15.6 Å². The predicted molar refractivity (Wildman–Crippen MR) is 100 cm³/mol. The van der Waals surface area contributed by atoms with Gasteiger partial charge in [0, 0.05) is 13.2 Å². The van der Waals surface area contributed by atoms with E-state index in [0.29, 0.717) is 5.91 Å². The molecule has 130 valence electrons. The van der Waals surface area contributed by atoms with Crippen LogP contribution in [-0.4, -0.2) is 45.0 Å². The standard InChI is InChI=1S/C17H37NO2Si2/c1-16(2,3)21(7,8)14(12-19)13-11-18(15(13)20)22(9,10)17(4,5)6/h13-14,19H,11-12H2,1-10H3. The third-order valence-electron chi connectivity index (χ3n) is 7.02. The molecule has 0 spiro atoms. The fraction of sp³-hybridized carbons (Fsp3) is 0.941. The maximum absolute atomic E-state index is 12.9. The van der Waals surface area contributed by atoms with Crippen LogP contribution in [0.1, 0.15) is 41.5 Å². The lowest BCUT2D eigenvalue weighted by molar-refractivity contribution is -0.142. The summed E-state index contributed by atoms with van der Waals surface area (Å²) in [6.07, 6.45) is 0. The van der Waals surface area contributed by atoms with E-state index in [2.05, 4.69) is 72.3 Å². The van der Waals surface area contributed by atoms with Gasteiger partial charge >= 0.3 is 0 Å². The number of aliphatic hydroxyl groups excluding tert-OH is 1. The Labute approximate surface area is 139 Å². The summed E-state index contributed by atoms with van der Waals surface area (Å²) in [6.45, 7) is 23.8. The van der Waals surface area contributed by atoms with E-state index in [9.17, 15) is 9.90 Å². The van der Waals surface area contributed by atoms with Crippen LogP contribution in [0, 0.1) is 5.92 Å². The van der Waals surface area contributed by atoms with E-state index in [1.165, 1.54) is 0 Å². The monoisotopic (exact) mass is 343 g/mol. The van der Waals surface area contributed by atoms with Crippen LogP contribution in [0.15, 0.2) is 0 Å². The Morgan fingerprint density at radius 2 is 1.55 bits per heavy atom. The normalized spacial score (nSPS) is 22.6. The lowest BCUT2D eigenvalue weighted by Crippen LogP contribution is -2.70. The molecule has 0 radical (unpaired) electrons. The first kappa shape index (κ1) is 19.9. The topological polar surface area (TPSA) is 40.5 Å². The molecule has 0 aromatic heterocycles. The highest BCUT2D eigenvalue weighted by Crippen LogP contribution is 2.51. The Kier molecular flexibility index (Phi) is 5.20. The van der Waals surface area contributed by atoms with Crippen LogP contribution in [0.4, 0.5) is 0 Å². The Morgan fingerprint density at radius 3 is 1.82 bits per heavy atom. The number of hydrogen-bond donors (Lipinski definition) is 1. The van der Waals surface area contributed by atoms with Gasteiger partial charge in [-0.1, -0.05) is 67.7 Å². The number of amides is 1. The highest BCUT2D eigenvalue weighted by molar-refractivity contribution is 6.82. The fourth-order valence-corrected chi connectivity index (χ4v) is 8.08. The zero-order valence-corrected chi connectivity index (χ0v) is 18.4. The van der Waals surface area contributed by atoms with Crippen molar-refractivity contribution in [2.45, 2.75) is 83.3 Å². The van der Waals surface area contributed by atoms with E-state index >= 15 is 0 Å². The number of hydrogen-bond acceptors (Lipinski definition) is 2. The minimum atomic E-state index is -1.77. The van der Waals surface area contributed by atoms with Crippen molar-refractivity contribution in [3.8, 4) is 0 Å². The second-order valence-electron chi connectivity index (χ2n) is 10.1. The molecule has 1 aliphatic rings. The molecule has 1 aliphatic heterocycles. The third-order valence-corrected chi connectivity index (χ3v) is 18.7. The summed E-state index contributed by atoms with van der Waals surface area (Å²) in [6, 6.07) is 0. The first-order chi connectivity index (χ1) is 9.59. The molecule has 3 nitrogen and oxygen atoms in total. The quantitative estimate of drug-likeness (QED) is 0.610. The maximum atomic E-state index is 12.9. The van der Waals surface area contributed by atoms with Crippen molar-refractivity contribution >= 4 is 22.2 Å². The summed E-state index contributed by atoms with van der Waals surface area (Å²) in [5.41, 5.74) is 0.168. The molecule has 2 atom stereocenters. The Bertz CT molecular complexity index is 433. The van der Waals surface area contributed by atoms with E-state index in [1.807, 2.05) is 0 Å². The summed E-state index contributed by atoms with van der Waals surface area (Å²) in [5.74, 6) is 0.343. The molecule has 2 unspecified atom stereocenters. The van der Waals surface area contributed by atoms with Gasteiger partial charge in [0.05, 0.1) is 14.0 Å². The van der Waals surface area contributed by atoms with Crippen LogP contribution in [0.3, 0.4) is 0 Å². The Morgan fingerprint density at radius 1 is 1.09 bits per heavy atom. The number of β-lactam (4-membered cyclic amide) rings is 1. The van der Waals surface area contributed by atoms with E-state index in [0.717, 1.165) is 6.54 Å². The molecule has 1 amide bonds. The zero-order chi connectivity index (χ0) is 17.7. The molecule has 0 saturated carbocycles. The Hall–Kier alpha value is -0.136. The van der Waals surface area contributed by atoms with Gasteiger partial charge in [-0.2, -0.15) is 0 Å². The molecule has 22 heavy (non-hydrogen) atoms. The van der Waals surface area contributed by atoms with Gasteiger partial charge in [0.1, 0.15) is 0 Å². The molecule has 1 rings (SSSR count). The molecule has 1 fully saturated rings. The minimum absolute atomic E-state index is 0.0417. The van der Waals surface area contributed by atoms with E-state index < -0.39 is 16.3 Å². The number of aliphatic hydroxyl groups is 1. The summed E-state index contributed by atoms with van der Waals surface area (Å²) < 4.78 is 2.16. The van der Waals surface area contributed by atoms with E-state index in [4.69, 9.17) is 0 Å². The first-order valence-corrected chi connectivity index (χ1v) is 14.5. The largest absolute Gasteiger partial charge is 0.396 e. The van der Waals surface area contributed by atoms with Crippen LogP contribution in [0.2, 0.25) is 41.8 Å². The highest BCUT2D eigenvalue weighted by Gasteiger charge is 2.56. The average Bonchev–Trinajstić information content (AvgIpc) is 2.29. The van der Waals surface area contributed by atoms with Crippen molar-refractivity contribution in [1.82, 2.24) is 4.57 Å². The van der Waals surface area contributed by atoms with Crippen molar-refractivity contribution < 1.29 is 9.90 Å². The van der Waals surface area contributed by atoms with Crippen LogP contribution >= 0.6 is 0 Å². The smallest absolute Gasteiger partial charge is 0.219 e. The average molecular weight is 344 g/mol. The van der Waals surface area contributed by atoms with Crippen molar-refractivity contribution in [2.24, 2.45) is 5.92 Å². The molecular formula is C17H37NO2Si2. The lowest BCUT2D eigenvalue weighted by atomic mass is 9.98. The second kappa shape index (κ2) is 5.74. The summed E-state index contributed by atoms with van der Waals surface area (Å²) in [7, 11) is -3.50.